The Labute approximate surface area is 130 Å². The minimum atomic E-state index is -0.276. The summed E-state index contributed by atoms with van der Waals surface area (Å²) in [4.78, 5) is 27.4. The maximum absolute atomic E-state index is 11.8. The fourth-order valence-electron chi connectivity index (χ4n) is 1.63. The van der Waals surface area contributed by atoms with Gasteiger partial charge in [-0.1, -0.05) is 15.9 Å². The smallest absolute Gasteiger partial charge is 0.251 e. The topological polar surface area (TPSA) is 71.1 Å². The van der Waals surface area contributed by atoms with Crippen LogP contribution in [0.2, 0.25) is 0 Å². The van der Waals surface area contributed by atoms with Crippen molar-refractivity contribution in [2.45, 2.75) is 6.54 Å². The van der Waals surface area contributed by atoms with Gasteiger partial charge in [0, 0.05) is 29.0 Å². The highest BCUT2D eigenvalue weighted by molar-refractivity contribution is 9.10. The highest BCUT2D eigenvalue weighted by Gasteiger charge is 2.07. The van der Waals surface area contributed by atoms with Gasteiger partial charge in [-0.3, -0.25) is 14.6 Å². The van der Waals surface area contributed by atoms with Gasteiger partial charge in [0.2, 0.25) is 5.91 Å². The van der Waals surface area contributed by atoms with Gasteiger partial charge in [0.1, 0.15) is 0 Å². The van der Waals surface area contributed by atoms with E-state index in [-0.39, 0.29) is 18.4 Å². The van der Waals surface area contributed by atoms with Crippen LogP contribution in [0.15, 0.2) is 53.3 Å². The maximum Gasteiger partial charge on any atom is 0.251 e. The second kappa shape index (κ2) is 7.54. The van der Waals surface area contributed by atoms with Crippen molar-refractivity contribution in [2.24, 2.45) is 0 Å². The van der Waals surface area contributed by atoms with E-state index >= 15 is 0 Å². The zero-order valence-electron chi connectivity index (χ0n) is 11.2. The van der Waals surface area contributed by atoms with E-state index in [2.05, 4.69) is 31.5 Å². The maximum atomic E-state index is 11.8. The average molecular weight is 348 g/mol. The fraction of sp³-hybridized carbons (Fsp3) is 0.133. The third-order valence-corrected chi connectivity index (χ3v) is 3.28. The second-order valence-corrected chi connectivity index (χ2v) is 5.24. The third kappa shape index (κ3) is 5.00. The summed E-state index contributed by atoms with van der Waals surface area (Å²) in [7, 11) is 0. The molecule has 2 N–H and O–H groups in total. The molecule has 0 fully saturated rings. The van der Waals surface area contributed by atoms with Gasteiger partial charge in [0.15, 0.2) is 0 Å². The largest absolute Gasteiger partial charge is 0.350 e. The molecule has 2 rings (SSSR count). The lowest BCUT2D eigenvalue weighted by Gasteiger charge is -2.07. The molecule has 21 heavy (non-hydrogen) atoms. The van der Waals surface area contributed by atoms with Crippen LogP contribution < -0.4 is 10.6 Å². The number of halogens is 1. The number of nitrogens with one attached hydrogen (secondary N) is 2. The molecule has 0 radical (unpaired) electrons. The number of nitrogens with zero attached hydrogens (tertiary/aromatic N) is 1. The monoisotopic (exact) mass is 347 g/mol. The van der Waals surface area contributed by atoms with Crippen molar-refractivity contribution in [2.75, 3.05) is 6.54 Å². The molecule has 5 nitrogen and oxygen atoms in total. The highest BCUT2D eigenvalue weighted by atomic mass is 79.9. The number of aromatic nitrogens is 1. The summed E-state index contributed by atoms with van der Waals surface area (Å²) in [6.45, 7) is 0.357. The molecular formula is C15H14BrN3O2. The van der Waals surface area contributed by atoms with Crippen LogP contribution in [0.4, 0.5) is 0 Å². The Balaban J connectivity index is 1.76. The summed E-state index contributed by atoms with van der Waals surface area (Å²) >= 11 is 3.30. The van der Waals surface area contributed by atoms with Crippen molar-refractivity contribution in [3.8, 4) is 0 Å². The standard InChI is InChI=1S/C15H14BrN3O2/c16-13-3-1-12(2-4-13)15(21)19-10-14(20)18-9-11-5-7-17-8-6-11/h1-8H,9-10H2,(H,18,20)(H,19,21). The molecule has 1 aromatic carbocycles. The summed E-state index contributed by atoms with van der Waals surface area (Å²) in [6, 6.07) is 10.6. The number of hydrogen-bond acceptors (Lipinski definition) is 3. The molecule has 1 heterocycles. The number of carbonyl (C=O) groups excluding carboxylic acids is 2. The van der Waals surface area contributed by atoms with Gasteiger partial charge in [0.25, 0.3) is 5.91 Å². The number of pyridine rings is 1. The van der Waals surface area contributed by atoms with Crippen LogP contribution >= 0.6 is 15.9 Å². The van der Waals surface area contributed by atoms with Gasteiger partial charge < -0.3 is 10.6 Å². The van der Waals surface area contributed by atoms with E-state index in [1.807, 2.05) is 12.1 Å². The van der Waals surface area contributed by atoms with Crippen molar-refractivity contribution in [3.05, 3.63) is 64.4 Å². The van der Waals surface area contributed by atoms with Crippen molar-refractivity contribution in [1.82, 2.24) is 15.6 Å². The van der Waals surface area contributed by atoms with E-state index in [1.165, 1.54) is 0 Å². The quantitative estimate of drug-likeness (QED) is 0.867. The number of amides is 2. The van der Waals surface area contributed by atoms with Crippen LogP contribution in [0, 0.1) is 0 Å². The number of benzene rings is 1. The van der Waals surface area contributed by atoms with E-state index in [4.69, 9.17) is 0 Å². The predicted molar refractivity (Wildman–Crippen MR) is 82.6 cm³/mol. The lowest BCUT2D eigenvalue weighted by molar-refractivity contribution is -0.120. The highest BCUT2D eigenvalue weighted by Crippen LogP contribution is 2.10. The van der Waals surface area contributed by atoms with E-state index < -0.39 is 0 Å². The van der Waals surface area contributed by atoms with Crippen molar-refractivity contribution in [1.29, 1.82) is 0 Å². The lowest BCUT2D eigenvalue weighted by Crippen LogP contribution is -2.36. The molecule has 1 aromatic heterocycles. The van der Waals surface area contributed by atoms with Crippen molar-refractivity contribution in [3.63, 3.8) is 0 Å². The summed E-state index contributed by atoms with van der Waals surface area (Å²) in [5.74, 6) is -0.515. The SMILES string of the molecule is O=C(CNC(=O)c1ccc(Br)cc1)NCc1ccncc1. The Morgan fingerprint density at radius 3 is 2.33 bits per heavy atom. The summed E-state index contributed by atoms with van der Waals surface area (Å²) < 4.78 is 0.897. The minimum Gasteiger partial charge on any atom is -0.350 e. The molecule has 6 heteroatoms. The molecule has 0 atom stereocenters. The Morgan fingerprint density at radius 1 is 1.00 bits per heavy atom. The van der Waals surface area contributed by atoms with E-state index in [0.717, 1.165) is 10.0 Å². The van der Waals surface area contributed by atoms with Crippen LogP contribution in [-0.4, -0.2) is 23.3 Å². The first-order chi connectivity index (χ1) is 10.1. The molecule has 0 aliphatic heterocycles. The van der Waals surface area contributed by atoms with Gasteiger partial charge in [-0.2, -0.15) is 0 Å². The normalized spacial score (nSPS) is 9.95. The Kier molecular flexibility index (Phi) is 5.45. The number of rotatable bonds is 5. The average Bonchev–Trinajstić information content (AvgIpc) is 2.52. The Hall–Kier alpha value is -2.21. The van der Waals surface area contributed by atoms with Crippen molar-refractivity contribution < 1.29 is 9.59 Å². The molecule has 0 aliphatic rings. The Bertz CT molecular complexity index is 615. The van der Waals surface area contributed by atoms with Crippen LogP contribution in [0.1, 0.15) is 15.9 Å². The molecular weight excluding hydrogens is 334 g/mol. The summed E-state index contributed by atoms with van der Waals surface area (Å²) in [6.07, 6.45) is 3.33. The van der Waals surface area contributed by atoms with Gasteiger partial charge in [-0.05, 0) is 42.0 Å². The summed E-state index contributed by atoms with van der Waals surface area (Å²) in [5.41, 5.74) is 1.47. The molecule has 108 valence electrons. The van der Waals surface area contributed by atoms with E-state index in [0.29, 0.717) is 12.1 Å². The molecule has 2 aromatic rings. The second-order valence-electron chi connectivity index (χ2n) is 4.32. The Morgan fingerprint density at radius 2 is 1.67 bits per heavy atom. The van der Waals surface area contributed by atoms with Gasteiger partial charge >= 0.3 is 0 Å². The predicted octanol–water partition coefficient (Wildman–Crippen LogP) is 1.89. The van der Waals surface area contributed by atoms with Gasteiger partial charge in [-0.25, -0.2) is 0 Å². The molecule has 0 unspecified atom stereocenters. The molecule has 0 saturated heterocycles. The third-order valence-electron chi connectivity index (χ3n) is 2.75. The zero-order valence-corrected chi connectivity index (χ0v) is 12.8. The lowest BCUT2D eigenvalue weighted by atomic mass is 10.2. The van der Waals surface area contributed by atoms with Gasteiger partial charge in [0.05, 0.1) is 6.54 Å². The number of hydrogen-bond donors (Lipinski definition) is 2. The first-order valence-corrected chi connectivity index (χ1v) is 7.14. The van der Waals surface area contributed by atoms with E-state index in [9.17, 15) is 9.59 Å². The molecule has 0 bridgehead atoms. The first-order valence-electron chi connectivity index (χ1n) is 6.34. The van der Waals surface area contributed by atoms with Crippen LogP contribution in [0.5, 0.6) is 0 Å². The molecule has 0 spiro atoms. The molecule has 2 amide bonds. The summed E-state index contributed by atoms with van der Waals surface area (Å²) in [5, 5.41) is 5.30. The van der Waals surface area contributed by atoms with Crippen LogP contribution in [0.3, 0.4) is 0 Å². The van der Waals surface area contributed by atoms with Gasteiger partial charge in [-0.15, -0.1) is 0 Å². The zero-order chi connectivity index (χ0) is 15.1. The van der Waals surface area contributed by atoms with Crippen LogP contribution in [0.25, 0.3) is 0 Å². The fourth-order valence-corrected chi connectivity index (χ4v) is 1.89. The molecule has 0 aliphatic carbocycles. The van der Waals surface area contributed by atoms with Crippen molar-refractivity contribution >= 4 is 27.7 Å². The first kappa shape index (κ1) is 15.2. The minimum absolute atomic E-state index is 0.0556. The number of carbonyl (C=O) groups is 2. The van der Waals surface area contributed by atoms with Crippen LogP contribution in [-0.2, 0) is 11.3 Å². The molecule has 0 saturated carbocycles. The van der Waals surface area contributed by atoms with E-state index in [1.54, 1.807) is 36.7 Å².